The number of aliphatic hydroxyl groups is 1. The molecule has 6 nitrogen and oxygen atoms in total. The van der Waals surface area contributed by atoms with Gasteiger partial charge in [-0.05, 0) is 31.6 Å². The SMILES string of the molecule is O=C(NC1CCc2nc[nH]c2C1)N(CCO)CC1CCCCC1. The van der Waals surface area contributed by atoms with Crippen LogP contribution in [0.3, 0.4) is 0 Å². The topological polar surface area (TPSA) is 81.2 Å². The number of aromatic amines is 1. The van der Waals surface area contributed by atoms with Gasteiger partial charge in [0, 0.05) is 31.2 Å². The van der Waals surface area contributed by atoms with Crippen molar-refractivity contribution in [2.45, 2.75) is 57.4 Å². The van der Waals surface area contributed by atoms with E-state index in [0.717, 1.165) is 37.2 Å². The Labute approximate surface area is 137 Å². The summed E-state index contributed by atoms with van der Waals surface area (Å²) < 4.78 is 0. The molecule has 1 fully saturated rings. The molecule has 0 saturated heterocycles. The first kappa shape index (κ1) is 16.3. The van der Waals surface area contributed by atoms with Crippen molar-refractivity contribution < 1.29 is 9.90 Å². The molecule has 3 N–H and O–H groups in total. The van der Waals surface area contributed by atoms with Crippen LogP contribution in [0.4, 0.5) is 4.79 Å². The molecule has 1 aromatic heterocycles. The molecular formula is C17H28N4O2. The van der Waals surface area contributed by atoms with Gasteiger partial charge in [-0.2, -0.15) is 0 Å². The van der Waals surface area contributed by atoms with Crippen LogP contribution in [-0.4, -0.2) is 51.7 Å². The highest BCUT2D eigenvalue weighted by Gasteiger charge is 2.25. The molecule has 2 aliphatic carbocycles. The zero-order valence-corrected chi connectivity index (χ0v) is 13.8. The van der Waals surface area contributed by atoms with Gasteiger partial charge in [-0.15, -0.1) is 0 Å². The van der Waals surface area contributed by atoms with E-state index in [9.17, 15) is 9.90 Å². The van der Waals surface area contributed by atoms with E-state index >= 15 is 0 Å². The van der Waals surface area contributed by atoms with E-state index < -0.39 is 0 Å². The monoisotopic (exact) mass is 320 g/mol. The lowest BCUT2D eigenvalue weighted by molar-refractivity contribution is 0.154. The van der Waals surface area contributed by atoms with Crippen LogP contribution in [0.1, 0.15) is 49.9 Å². The molecule has 6 heteroatoms. The number of rotatable bonds is 5. The van der Waals surface area contributed by atoms with Crippen molar-refractivity contribution in [3.05, 3.63) is 17.7 Å². The Balaban J connectivity index is 1.53. The maximum absolute atomic E-state index is 12.6. The average Bonchev–Trinajstić information content (AvgIpc) is 3.03. The molecule has 1 unspecified atom stereocenters. The second kappa shape index (κ2) is 7.81. The zero-order valence-electron chi connectivity index (χ0n) is 13.8. The third-order valence-electron chi connectivity index (χ3n) is 5.18. The number of urea groups is 1. The molecule has 2 amide bonds. The largest absolute Gasteiger partial charge is 0.395 e. The van der Waals surface area contributed by atoms with Gasteiger partial charge >= 0.3 is 6.03 Å². The van der Waals surface area contributed by atoms with E-state index in [1.165, 1.54) is 32.1 Å². The van der Waals surface area contributed by atoms with Crippen LogP contribution in [0, 0.1) is 5.92 Å². The van der Waals surface area contributed by atoms with Crippen LogP contribution in [0.25, 0.3) is 0 Å². The maximum atomic E-state index is 12.6. The van der Waals surface area contributed by atoms with Crippen LogP contribution in [0.5, 0.6) is 0 Å². The second-order valence-electron chi connectivity index (χ2n) is 6.89. The molecule has 1 atom stereocenters. The summed E-state index contributed by atoms with van der Waals surface area (Å²) in [7, 11) is 0. The van der Waals surface area contributed by atoms with Crippen LogP contribution >= 0.6 is 0 Å². The number of imidazole rings is 1. The molecule has 3 rings (SSSR count). The average molecular weight is 320 g/mol. The fourth-order valence-corrected chi connectivity index (χ4v) is 3.87. The van der Waals surface area contributed by atoms with Crippen molar-refractivity contribution in [1.82, 2.24) is 20.2 Å². The number of amides is 2. The third kappa shape index (κ3) is 4.25. The minimum atomic E-state index is -0.0300. The van der Waals surface area contributed by atoms with Gasteiger partial charge in [0.05, 0.1) is 18.6 Å². The normalized spacial score (nSPS) is 21.7. The molecule has 0 bridgehead atoms. The minimum absolute atomic E-state index is 0.0233. The summed E-state index contributed by atoms with van der Waals surface area (Å²) in [6.07, 6.45) is 10.7. The highest BCUT2D eigenvalue weighted by atomic mass is 16.3. The smallest absolute Gasteiger partial charge is 0.317 e. The number of fused-ring (bicyclic) bond motifs is 1. The summed E-state index contributed by atoms with van der Waals surface area (Å²) >= 11 is 0. The Morgan fingerprint density at radius 1 is 1.35 bits per heavy atom. The lowest BCUT2D eigenvalue weighted by atomic mass is 9.89. The predicted octanol–water partition coefficient (Wildman–Crippen LogP) is 1.85. The predicted molar refractivity (Wildman–Crippen MR) is 88.2 cm³/mol. The van der Waals surface area contributed by atoms with Crippen molar-refractivity contribution in [2.75, 3.05) is 19.7 Å². The number of aromatic nitrogens is 2. The molecule has 0 aliphatic heterocycles. The van der Waals surface area contributed by atoms with Crippen molar-refractivity contribution in [1.29, 1.82) is 0 Å². The Hall–Kier alpha value is -1.56. The van der Waals surface area contributed by atoms with Crippen molar-refractivity contribution in [3.8, 4) is 0 Å². The van der Waals surface area contributed by atoms with E-state index in [-0.39, 0.29) is 18.7 Å². The molecule has 1 saturated carbocycles. The van der Waals surface area contributed by atoms with Gasteiger partial charge in [0.15, 0.2) is 0 Å². The number of carbonyl (C=O) groups excluding carboxylic acids is 1. The second-order valence-corrected chi connectivity index (χ2v) is 6.89. The summed E-state index contributed by atoms with van der Waals surface area (Å²) in [6, 6.07) is 0.126. The van der Waals surface area contributed by atoms with E-state index in [1.807, 2.05) is 0 Å². The minimum Gasteiger partial charge on any atom is -0.395 e. The first-order valence-electron chi connectivity index (χ1n) is 8.93. The summed E-state index contributed by atoms with van der Waals surface area (Å²) in [4.78, 5) is 21.9. The van der Waals surface area contributed by atoms with Gasteiger partial charge in [0.2, 0.25) is 0 Å². The van der Waals surface area contributed by atoms with Crippen LogP contribution in [-0.2, 0) is 12.8 Å². The number of hydrogen-bond acceptors (Lipinski definition) is 3. The fourth-order valence-electron chi connectivity index (χ4n) is 3.87. The summed E-state index contributed by atoms with van der Waals surface area (Å²) in [5.74, 6) is 0.589. The lowest BCUT2D eigenvalue weighted by Crippen LogP contribution is -2.49. The van der Waals surface area contributed by atoms with Gasteiger partial charge in [-0.25, -0.2) is 9.78 Å². The Bertz CT molecular complexity index is 510. The van der Waals surface area contributed by atoms with E-state index in [2.05, 4.69) is 15.3 Å². The molecule has 2 aliphatic rings. The van der Waals surface area contributed by atoms with Gasteiger partial charge in [-0.1, -0.05) is 19.3 Å². The highest BCUT2D eigenvalue weighted by Crippen LogP contribution is 2.24. The van der Waals surface area contributed by atoms with Crippen LogP contribution in [0.15, 0.2) is 6.33 Å². The first-order chi connectivity index (χ1) is 11.3. The summed E-state index contributed by atoms with van der Waals surface area (Å²) in [5.41, 5.74) is 2.27. The molecule has 0 aromatic carbocycles. The lowest BCUT2D eigenvalue weighted by Gasteiger charge is -2.31. The van der Waals surface area contributed by atoms with Crippen LogP contribution < -0.4 is 5.32 Å². The number of nitrogens with zero attached hydrogens (tertiary/aromatic N) is 2. The molecule has 1 heterocycles. The first-order valence-corrected chi connectivity index (χ1v) is 8.93. The zero-order chi connectivity index (χ0) is 16.1. The van der Waals surface area contributed by atoms with Crippen molar-refractivity contribution in [3.63, 3.8) is 0 Å². The van der Waals surface area contributed by atoms with Gasteiger partial charge in [0.1, 0.15) is 0 Å². The van der Waals surface area contributed by atoms with E-state index in [1.54, 1.807) is 11.2 Å². The number of aliphatic hydroxyl groups excluding tert-OH is 1. The van der Waals surface area contributed by atoms with Crippen LogP contribution in [0.2, 0.25) is 0 Å². The van der Waals surface area contributed by atoms with Gasteiger partial charge in [-0.3, -0.25) is 0 Å². The number of H-pyrrole nitrogens is 1. The molecule has 128 valence electrons. The van der Waals surface area contributed by atoms with Gasteiger partial charge < -0.3 is 20.3 Å². The number of aryl methyl sites for hydroxylation is 1. The van der Waals surface area contributed by atoms with E-state index in [0.29, 0.717) is 12.5 Å². The number of carbonyl (C=O) groups is 1. The quantitative estimate of drug-likeness (QED) is 0.774. The molecule has 0 radical (unpaired) electrons. The number of hydrogen-bond donors (Lipinski definition) is 3. The molecule has 23 heavy (non-hydrogen) atoms. The molecule has 0 spiro atoms. The Kier molecular flexibility index (Phi) is 5.54. The Morgan fingerprint density at radius 2 is 2.17 bits per heavy atom. The third-order valence-corrected chi connectivity index (χ3v) is 5.18. The highest BCUT2D eigenvalue weighted by molar-refractivity contribution is 5.74. The van der Waals surface area contributed by atoms with Gasteiger partial charge in [0.25, 0.3) is 0 Å². The van der Waals surface area contributed by atoms with E-state index in [4.69, 9.17) is 0 Å². The standard InChI is InChI=1S/C17H28N4O2/c22-9-8-21(11-13-4-2-1-3-5-13)17(23)20-14-6-7-15-16(10-14)19-12-18-15/h12-14,22H,1-11H2,(H,18,19)(H,20,23). The number of nitrogens with one attached hydrogen (secondary N) is 2. The fraction of sp³-hybridized carbons (Fsp3) is 0.765. The summed E-state index contributed by atoms with van der Waals surface area (Å²) in [6.45, 7) is 1.22. The molecular weight excluding hydrogens is 292 g/mol. The van der Waals surface area contributed by atoms with Crippen molar-refractivity contribution >= 4 is 6.03 Å². The molecule has 1 aromatic rings. The Morgan fingerprint density at radius 3 is 2.96 bits per heavy atom. The summed E-state index contributed by atoms with van der Waals surface area (Å²) in [5, 5.41) is 12.4. The maximum Gasteiger partial charge on any atom is 0.317 e. The van der Waals surface area contributed by atoms with Crippen molar-refractivity contribution in [2.24, 2.45) is 5.92 Å².